The summed E-state index contributed by atoms with van der Waals surface area (Å²) >= 11 is 1.11. The highest BCUT2D eigenvalue weighted by molar-refractivity contribution is 7.99. The number of carboxylic acids is 1. The molecule has 19 heavy (non-hydrogen) atoms. The molecule has 1 heterocycles. The minimum atomic E-state index is -1.09. The van der Waals surface area contributed by atoms with Gasteiger partial charge >= 0.3 is 5.97 Å². The molecule has 1 unspecified atom stereocenters. The van der Waals surface area contributed by atoms with E-state index in [1.54, 1.807) is 6.92 Å². The molecule has 106 valence electrons. The number of rotatable bonds is 6. The van der Waals surface area contributed by atoms with Crippen molar-refractivity contribution in [3.05, 3.63) is 17.1 Å². The van der Waals surface area contributed by atoms with Gasteiger partial charge in [0.25, 0.3) is 0 Å². The SMILES string of the molecule is Cc1nc(C(C)C)nc(SCC(O)CO)c1C(=O)O. The molecule has 7 heteroatoms. The lowest BCUT2D eigenvalue weighted by atomic mass is 10.2. The predicted molar refractivity (Wildman–Crippen MR) is 71.6 cm³/mol. The summed E-state index contributed by atoms with van der Waals surface area (Å²) in [6.07, 6.45) is -0.899. The third kappa shape index (κ3) is 4.15. The zero-order valence-electron chi connectivity index (χ0n) is 11.1. The summed E-state index contributed by atoms with van der Waals surface area (Å²) in [4.78, 5) is 19.7. The van der Waals surface area contributed by atoms with Gasteiger partial charge in [0.05, 0.1) is 18.4 Å². The number of nitrogens with zero attached hydrogens (tertiary/aromatic N) is 2. The van der Waals surface area contributed by atoms with Crippen molar-refractivity contribution in [2.75, 3.05) is 12.4 Å². The van der Waals surface area contributed by atoms with Gasteiger partial charge in [-0.05, 0) is 6.92 Å². The highest BCUT2D eigenvalue weighted by Gasteiger charge is 2.20. The molecule has 0 aliphatic carbocycles. The van der Waals surface area contributed by atoms with E-state index in [2.05, 4.69) is 9.97 Å². The van der Waals surface area contributed by atoms with Crippen molar-refractivity contribution in [2.24, 2.45) is 0 Å². The fourth-order valence-electron chi connectivity index (χ4n) is 1.40. The molecule has 3 N–H and O–H groups in total. The van der Waals surface area contributed by atoms with Gasteiger partial charge in [-0.2, -0.15) is 0 Å². The van der Waals surface area contributed by atoms with Crippen LogP contribution in [0.4, 0.5) is 0 Å². The number of hydrogen-bond donors (Lipinski definition) is 3. The van der Waals surface area contributed by atoms with Crippen molar-refractivity contribution in [1.82, 2.24) is 9.97 Å². The molecular formula is C12H18N2O4S. The van der Waals surface area contributed by atoms with Crippen LogP contribution in [-0.4, -0.2) is 49.7 Å². The Hall–Kier alpha value is -1.18. The normalized spacial score (nSPS) is 12.7. The maximum atomic E-state index is 11.2. The van der Waals surface area contributed by atoms with Crippen LogP contribution in [0.3, 0.4) is 0 Å². The molecule has 1 rings (SSSR count). The van der Waals surface area contributed by atoms with E-state index in [0.29, 0.717) is 16.5 Å². The van der Waals surface area contributed by atoms with Crippen LogP contribution in [0.1, 0.15) is 41.6 Å². The van der Waals surface area contributed by atoms with Gasteiger partial charge in [0, 0.05) is 11.7 Å². The Labute approximate surface area is 115 Å². The lowest BCUT2D eigenvalue weighted by Gasteiger charge is -2.13. The summed E-state index contributed by atoms with van der Waals surface area (Å²) in [6.45, 7) is 5.11. The molecule has 0 spiro atoms. The Morgan fingerprint density at radius 2 is 2.00 bits per heavy atom. The molecule has 0 aromatic carbocycles. The molecule has 1 aromatic heterocycles. The van der Waals surface area contributed by atoms with Gasteiger partial charge in [-0.15, -0.1) is 11.8 Å². The lowest BCUT2D eigenvalue weighted by Crippen LogP contribution is -2.16. The average molecular weight is 286 g/mol. The van der Waals surface area contributed by atoms with Crippen molar-refractivity contribution in [3.63, 3.8) is 0 Å². The molecule has 0 saturated carbocycles. The Kier molecular flexibility index (Phi) is 5.71. The Morgan fingerprint density at radius 1 is 1.37 bits per heavy atom. The molecule has 0 fully saturated rings. The minimum absolute atomic E-state index is 0.0551. The third-order valence-corrected chi connectivity index (χ3v) is 3.55. The largest absolute Gasteiger partial charge is 0.478 e. The highest BCUT2D eigenvalue weighted by atomic mass is 32.2. The number of carboxylic acid groups (broad SMARTS) is 1. The van der Waals surface area contributed by atoms with Crippen molar-refractivity contribution in [3.8, 4) is 0 Å². The van der Waals surface area contributed by atoms with E-state index in [1.165, 1.54) is 0 Å². The number of aromatic nitrogens is 2. The number of aromatic carboxylic acids is 1. The second kappa shape index (κ2) is 6.83. The molecule has 0 aliphatic heterocycles. The first-order valence-corrected chi connectivity index (χ1v) is 6.88. The lowest BCUT2D eigenvalue weighted by molar-refractivity contribution is 0.0690. The summed E-state index contributed by atoms with van der Waals surface area (Å²) in [5.41, 5.74) is 0.465. The maximum Gasteiger partial charge on any atom is 0.340 e. The highest BCUT2D eigenvalue weighted by Crippen LogP contribution is 2.25. The standard InChI is InChI=1S/C12H18N2O4S/c1-6(2)10-13-7(3)9(12(17)18)11(14-10)19-5-8(16)4-15/h6,8,15-16H,4-5H2,1-3H3,(H,17,18). The van der Waals surface area contributed by atoms with Gasteiger partial charge in [0.1, 0.15) is 16.4 Å². The smallest absolute Gasteiger partial charge is 0.340 e. The van der Waals surface area contributed by atoms with E-state index in [0.717, 1.165) is 11.8 Å². The number of carbonyl (C=O) groups is 1. The number of aliphatic hydroxyl groups is 2. The van der Waals surface area contributed by atoms with E-state index in [4.69, 9.17) is 5.11 Å². The molecule has 0 bridgehead atoms. The molecule has 0 aliphatic rings. The second-order valence-corrected chi connectivity index (χ2v) is 5.46. The summed E-state index contributed by atoms with van der Waals surface area (Å²) in [5, 5.41) is 27.6. The molecule has 0 saturated heterocycles. The van der Waals surface area contributed by atoms with E-state index >= 15 is 0 Å². The van der Waals surface area contributed by atoms with Gasteiger partial charge in [0.15, 0.2) is 0 Å². The number of thioether (sulfide) groups is 1. The zero-order valence-corrected chi connectivity index (χ0v) is 11.9. The predicted octanol–water partition coefficient (Wildman–Crippen LogP) is 1.05. The van der Waals surface area contributed by atoms with E-state index in [-0.39, 0.29) is 23.8 Å². The molecule has 1 aromatic rings. The van der Waals surface area contributed by atoms with Gasteiger partial charge in [-0.3, -0.25) is 0 Å². The van der Waals surface area contributed by atoms with Gasteiger partial charge in [-0.25, -0.2) is 14.8 Å². The number of aryl methyl sites for hydroxylation is 1. The van der Waals surface area contributed by atoms with Crippen LogP contribution in [0, 0.1) is 6.92 Å². The number of hydrogen-bond acceptors (Lipinski definition) is 6. The molecule has 1 atom stereocenters. The van der Waals surface area contributed by atoms with Crippen LogP contribution < -0.4 is 0 Å². The van der Waals surface area contributed by atoms with Crippen LogP contribution in [-0.2, 0) is 0 Å². The first kappa shape index (κ1) is 15.9. The summed E-state index contributed by atoms with van der Waals surface area (Å²) in [7, 11) is 0. The van der Waals surface area contributed by atoms with Gasteiger partial charge in [-0.1, -0.05) is 13.8 Å². The van der Waals surface area contributed by atoms with Crippen molar-refractivity contribution in [1.29, 1.82) is 0 Å². The number of aliphatic hydroxyl groups excluding tert-OH is 2. The Morgan fingerprint density at radius 3 is 2.47 bits per heavy atom. The molecule has 6 nitrogen and oxygen atoms in total. The van der Waals surface area contributed by atoms with Crippen LogP contribution in [0.25, 0.3) is 0 Å². The van der Waals surface area contributed by atoms with Crippen LogP contribution in [0.5, 0.6) is 0 Å². The van der Waals surface area contributed by atoms with E-state index in [9.17, 15) is 15.0 Å². The van der Waals surface area contributed by atoms with Gasteiger partial charge in [0.2, 0.25) is 0 Å². The Balaban J connectivity index is 3.13. The van der Waals surface area contributed by atoms with E-state index < -0.39 is 12.1 Å². The molecule has 0 radical (unpaired) electrons. The third-order valence-electron chi connectivity index (χ3n) is 2.43. The fraction of sp³-hybridized carbons (Fsp3) is 0.583. The summed E-state index contributed by atoms with van der Waals surface area (Å²) in [6, 6.07) is 0. The van der Waals surface area contributed by atoms with Crippen LogP contribution >= 0.6 is 11.8 Å². The topological polar surface area (TPSA) is 104 Å². The van der Waals surface area contributed by atoms with Crippen molar-refractivity contribution < 1.29 is 20.1 Å². The average Bonchev–Trinajstić information content (AvgIpc) is 2.34. The first-order valence-electron chi connectivity index (χ1n) is 5.90. The van der Waals surface area contributed by atoms with Crippen LogP contribution in [0.15, 0.2) is 5.03 Å². The monoisotopic (exact) mass is 286 g/mol. The summed E-state index contributed by atoms with van der Waals surface area (Å²) in [5.74, 6) is -0.244. The Bertz CT molecular complexity index is 465. The summed E-state index contributed by atoms with van der Waals surface area (Å²) < 4.78 is 0. The van der Waals surface area contributed by atoms with Crippen molar-refractivity contribution in [2.45, 2.75) is 37.8 Å². The van der Waals surface area contributed by atoms with Gasteiger partial charge < -0.3 is 15.3 Å². The zero-order chi connectivity index (χ0) is 14.6. The maximum absolute atomic E-state index is 11.2. The molecular weight excluding hydrogens is 268 g/mol. The van der Waals surface area contributed by atoms with E-state index in [1.807, 2.05) is 13.8 Å². The second-order valence-electron chi connectivity index (χ2n) is 4.45. The van der Waals surface area contributed by atoms with Crippen molar-refractivity contribution >= 4 is 17.7 Å². The quantitative estimate of drug-likeness (QED) is 0.530. The fourth-order valence-corrected chi connectivity index (χ4v) is 2.40. The first-order chi connectivity index (χ1) is 8.86. The molecule has 0 amide bonds. The minimum Gasteiger partial charge on any atom is -0.478 e. The van der Waals surface area contributed by atoms with Crippen LogP contribution in [0.2, 0.25) is 0 Å².